The lowest BCUT2D eigenvalue weighted by atomic mass is 10.2. The summed E-state index contributed by atoms with van der Waals surface area (Å²) in [4.78, 5) is 31.2. The number of benzene rings is 1. The molecular formula is C15H14N4O3. The molecule has 22 heavy (non-hydrogen) atoms. The van der Waals surface area contributed by atoms with Gasteiger partial charge < -0.3 is 14.7 Å². The van der Waals surface area contributed by atoms with Crippen LogP contribution >= 0.6 is 0 Å². The number of fused-ring (bicyclic) bond motifs is 1. The van der Waals surface area contributed by atoms with Crippen molar-refractivity contribution >= 4 is 28.8 Å². The fourth-order valence-corrected chi connectivity index (χ4v) is 1.98. The van der Waals surface area contributed by atoms with Gasteiger partial charge in [-0.2, -0.15) is 0 Å². The topological polar surface area (TPSA) is 100 Å². The van der Waals surface area contributed by atoms with Gasteiger partial charge >= 0.3 is 0 Å². The molecule has 2 amide bonds. The number of amides is 2. The van der Waals surface area contributed by atoms with E-state index in [9.17, 15) is 9.59 Å². The molecule has 7 nitrogen and oxygen atoms in total. The highest BCUT2D eigenvalue weighted by Gasteiger charge is 2.18. The Kier molecular flexibility index (Phi) is 3.61. The number of aromatic amines is 1. The van der Waals surface area contributed by atoms with E-state index in [4.69, 9.17) is 4.42 Å². The predicted molar refractivity (Wildman–Crippen MR) is 80.4 cm³/mol. The molecule has 7 heteroatoms. The number of hydrogen-bond donors (Lipinski definition) is 3. The molecule has 3 rings (SSSR count). The van der Waals surface area contributed by atoms with Crippen LogP contribution in [0, 0.1) is 0 Å². The number of hydrogen-bond acceptors (Lipinski definition) is 4. The van der Waals surface area contributed by atoms with Crippen LogP contribution in [0.2, 0.25) is 0 Å². The smallest absolute Gasteiger partial charge is 0.255 e. The van der Waals surface area contributed by atoms with Gasteiger partial charge in [0.15, 0.2) is 0 Å². The largest absolute Gasteiger partial charge is 0.472 e. The van der Waals surface area contributed by atoms with Crippen molar-refractivity contribution in [3.63, 3.8) is 0 Å². The molecule has 112 valence electrons. The SMILES string of the molecule is CC(NC(=O)c1ccoc1)C(=O)Nc1nc2ccccc2[nH]1. The summed E-state index contributed by atoms with van der Waals surface area (Å²) in [5, 5.41) is 5.22. The minimum absolute atomic E-state index is 0.343. The first-order valence-corrected chi connectivity index (χ1v) is 6.72. The lowest BCUT2D eigenvalue weighted by molar-refractivity contribution is -0.117. The molecule has 0 spiro atoms. The number of carbonyl (C=O) groups excluding carboxylic acids is 2. The van der Waals surface area contributed by atoms with Crippen LogP contribution in [0.25, 0.3) is 11.0 Å². The number of nitrogens with zero attached hydrogens (tertiary/aromatic N) is 1. The van der Waals surface area contributed by atoms with Crippen molar-refractivity contribution in [1.82, 2.24) is 15.3 Å². The summed E-state index contributed by atoms with van der Waals surface area (Å²) >= 11 is 0. The summed E-state index contributed by atoms with van der Waals surface area (Å²) in [6.45, 7) is 1.59. The standard InChI is InChI=1S/C15H14N4O3/c1-9(16-14(21)10-6-7-22-8-10)13(20)19-15-17-11-4-2-3-5-12(11)18-15/h2-9H,1H3,(H,16,21)(H2,17,18,19,20). The van der Waals surface area contributed by atoms with Gasteiger partial charge in [0.25, 0.3) is 5.91 Å². The van der Waals surface area contributed by atoms with Gasteiger partial charge in [0.1, 0.15) is 12.3 Å². The van der Waals surface area contributed by atoms with E-state index in [1.807, 2.05) is 24.3 Å². The maximum atomic E-state index is 12.1. The van der Waals surface area contributed by atoms with E-state index in [1.54, 1.807) is 6.92 Å². The first-order chi connectivity index (χ1) is 10.6. The molecule has 1 unspecified atom stereocenters. The Hall–Kier alpha value is -3.09. The van der Waals surface area contributed by atoms with Crippen molar-refractivity contribution in [3.8, 4) is 0 Å². The third-order valence-electron chi connectivity index (χ3n) is 3.16. The zero-order valence-electron chi connectivity index (χ0n) is 11.8. The number of para-hydroxylation sites is 2. The van der Waals surface area contributed by atoms with Crippen LogP contribution in [0.1, 0.15) is 17.3 Å². The molecule has 0 bridgehead atoms. The van der Waals surface area contributed by atoms with Crippen LogP contribution in [-0.4, -0.2) is 27.8 Å². The molecule has 0 aliphatic heterocycles. The summed E-state index contributed by atoms with van der Waals surface area (Å²) in [5.41, 5.74) is 1.95. The molecule has 1 atom stereocenters. The Labute approximate surface area is 125 Å². The Bertz CT molecular complexity index is 774. The number of rotatable bonds is 4. The molecule has 0 fully saturated rings. The predicted octanol–water partition coefficient (Wildman–Crippen LogP) is 1.91. The Morgan fingerprint density at radius 1 is 1.27 bits per heavy atom. The number of imidazole rings is 1. The Morgan fingerprint density at radius 3 is 2.82 bits per heavy atom. The maximum Gasteiger partial charge on any atom is 0.255 e. The number of H-pyrrole nitrogens is 1. The van der Waals surface area contributed by atoms with Crippen LogP contribution in [0.5, 0.6) is 0 Å². The third-order valence-corrected chi connectivity index (χ3v) is 3.16. The lowest BCUT2D eigenvalue weighted by Crippen LogP contribution is -2.41. The van der Waals surface area contributed by atoms with Gasteiger partial charge in [0.05, 0.1) is 22.9 Å². The molecule has 0 aliphatic carbocycles. The van der Waals surface area contributed by atoms with E-state index in [-0.39, 0.29) is 11.8 Å². The van der Waals surface area contributed by atoms with Crippen LogP contribution < -0.4 is 10.6 Å². The summed E-state index contributed by atoms with van der Waals surface area (Å²) in [6.07, 6.45) is 2.72. The van der Waals surface area contributed by atoms with Gasteiger partial charge in [-0.25, -0.2) is 4.98 Å². The average molecular weight is 298 g/mol. The van der Waals surface area contributed by atoms with E-state index in [1.165, 1.54) is 18.6 Å². The van der Waals surface area contributed by atoms with E-state index >= 15 is 0 Å². The highest BCUT2D eigenvalue weighted by atomic mass is 16.3. The third kappa shape index (κ3) is 2.83. The minimum Gasteiger partial charge on any atom is -0.472 e. The van der Waals surface area contributed by atoms with Gasteiger partial charge in [-0.1, -0.05) is 12.1 Å². The van der Waals surface area contributed by atoms with Crippen molar-refractivity contribution in [2.24, 2.45) is 0 Å². The van der Waals surface area contributed by atoms with Crippen molar-refractivity contribution in [1.29, 1.82) is 0 Å². The molecule has 0 aliphatic rings. The Morgan fingerprint density at radius 2 is 2.09 bits per heavy atom. The van der Waals surface area contributed by atoms with Crippen molar-refractivity contribution in [3.05, 3.63) is 48.4 Å². The molecular weight excluding hydrogens is 284 g/mol. The van der Waals surface area contributed by atoms with Crippen LogP contribution in [0.3, 0.4) is 0 Å². The quantitative estimate of drug-likeness (QED) is 0.685. The molecule has 0 radical (unpaired) electrons. The number of carbonyl (C=O) groups is 2. The summed E-state index contributed by atoms with van der Waals surface area (Å²) in [6, 6.07) is 8.26. The second kappa shape index (κ2) is 5.72. The number of anilines is 1. The minimum atomic E-state index is -0.712. The zero-order valence-corrected chi connectivity index (χ0v) is 11.8. The summed E-state index contributed by atoms with van der Waals surface area (Å²) in [5.74, 6) is -0.396. The van der Waals surface area contributed by atoms with Crippen LogP contribution in [0.4, 0.5) is 5.95 Å². The van der Waals surface area contributed by atoms with Gasteiger partial charge in [-0.3, -0.25) is 14.9 Å². The van der Waals surface area contributed by atoms with E-state index in [0.29, 0.717) is 11.5 Å². The highest BCUT2D eigenvalue weighted by Crippen LogP contribution is 2.13. The lowest BCUT2D eigenvalue weighted by Gasteiger charge is -2.12. The van der Waals surface area contributed by atoms with Crippen molar-refractivity contribution < 1.29 is 14.0 Å². The Balaban J connectivity index is 1.64. The molecule has 1 aromatic carbocycles. The normalized spacial score (nSPS) is 12.0. The van der Waals surface area contributed by atoms with E-state index < -0.39 is 6.04 Å². The van der Waals surface area contributed by atoms with Crippen molar-refractivity contribution in [2.45, 2.75) is 13.0 Å². The summed E-state index contributed by atoms with van der Waals surface area (Å²) in [7, 11) is 0. The molecule has 3 N–H and O–H groups in total. The van der Waals surface area contributed by atoms with Gasteiger partial charge in [-0.05, 0) is 25.1 Å². The first-order valence-electron chi connectivity index (χ1n) is 6.72. The molecule has 3 aromatic rings. The van der Waals surface area contributed by atoms with Crippen LogP contribution in [0.15, 0.2) is 47.3 Å². The number of nitrogens with one attached hydrogen (secondary N) is 3. The molecule has 0 saturated carbocycles. The van der Waals surface area contributed by atoms with E-state index in [0.717, 1.165) is 11.0 Å². The fourth-order valence-electron chi connectivity index (χ4n) is 1.98. The first kappa shape index (κ1) is 13.9. The second-order valence-electron chi connectivity index (χ2n) is 4.80. The maximum absolute atomic E-state index is 12.1. The van der Waals surface area contributed by atoms with E-state index in [2.05, 4.69) is 20.6 Å². The van der Waals surface area contributed by atoms with Gasteiger partial charge in [-0.15, -0.1) is 0 Å². The zero-order chi connectivity index (χ0) is 15.5. The second-order valence-corrected chi connectivity index (χ2v) is 4.80. The monoisotopic (exact) mass is 298 g/mol. The molecule has 0 saturated heterocycles. The highest BCUT2D eigenvalue weighted by molar-refractivity contribution is 6.00. The average Bonchev–Trinajstić information content (AvgIpc) is 3.15. The fraction of sp³-hybridized carbons (Fsp3) is 0.133. The number of furan rings is 1. The summed E-state index contributed by atoms with van der Waals surface area (Å²) < 4.78 is 4.83. The molecule has 2 heterocycles. The van der Waals surface area contributed by atoms with Gasteiger partial charge in [0.2, 0.25) is 11.9 Å². The van der Waals surface area contributed by atoms with Gasteiger partial charge in [0, 0.05) is 0 Å². The van der Waals surface area contributed by atoms with Crippen molar-refractivity contribution in [2.75, 3.05) is 5.32 Å². The molecule has 2 aromatic heterocycles. The van der Waals surface area contributed by atoms with Crippen LogP contribution in [-0.2, 0) is 4.79 Å². The number of aromatic nitrogens is 2.